The number of ether oxygens (including phenoxy) is 3. The van der Waals surface area contributed by atoms with Gasteiger partial charge in [-0.15, -0.1) is 0 Å². The van der Waals surface area contributed by atoms with Gasteiger partial charge in [-0.2, -0.15) is 0 Å². The molecule has 1 aromatic rings. The summed E-state index contributed by atoms with van der Waals surface area (Å²) in [7, 11) is 2.99. The van der Waals surface area contributed by atoms with Gasteiger partial charge in [0, 0.05) is 37.5 Å². The average molecular weight is 225 g/mol. The Morgan fingerprint density at radius 1 is 1.25 bits per heavy atom. The summed E-state index contributed by atoms with van der Waals surface area (Å²) in [6.07, 6.45) is -1.14. The lowest BCUT2D eigenvalue weighted by molar-refractivity contribution is -0.385. The average Bonchev–Trinajstić information content (AvgIpc) is 2.65. The van der Waals surface area contributed by atoms with E-state index in [0.717, 1.165) is 5.56 Å². The number of non-ortho nitro benzene ring substituents is 1. The van der Waals surface area contributed by atoms with E-state index in [1.54, 1.807) is 6.07 Å². The van der Waals surface area contributed by atoms with Crippen molar-refractivity contribution >= 4 is 5.69 Å². The van der Waals surface area contributed by atoms with Crippen LogP contribution in [0.5, 0.6) is 0 Å². The fourth-order valence-electron chi connectivity index (χ4n) is 1.72. The standard InChI is InChI=1S/C10H11NO5/c1-14-9-7-4-3-6(11(12)13)5-8(7)10(15-2)16-9/h3-5,9-10H,1-2H3/t9-,10-/m0/s1. The molecule has 1 aliphatic rings. The third kappa shape index (κ3) is 1.67. The molecule has 1 aromatic carbocycles. The molecule has 0 spiro atoms. The van der Waals surface area contributed by atoms with Gasteiger partial charge in [-0.1, -0.05) is 0 Å². The highest BCUT2D eigenvalue weighted by molar-refractivity contribution is 5.42. The Morgan fingerprint density at radius 2 is 1.88 bits per heavy atom. The van der Waals surface area contributed by atoms with Gasteiger partial charge >= 0.3 is 0 Å². The molecule has 0 amide bonds. The van der Waals surface area contributed by atoms with Crippen LogP contribution in [0.3, 0.4) is 0 Å². The second-order valence-corrected chi connectivity index (χ2v) is 3.34. The molecule has 0 fully saturated rings. The highest BCUT2D eigenvalue weighted by Gasteiger charge is 2.33. The minimum absolute atomic E-state index is 0.0150. The lowest BCUT2D eigenvalue weighted by Gasteiger charge is -2.10. The van der Waals surface area contributed by atoms with Gasteiger partial charge in [-0.3, -0.25) is 10.1 Å². The summed E-state index contributed by atoms with van der Waals surface area (Å²) in [5.74, 6) is 0. The van der Waals surface area contributed by atoms with E-state index in [9.17, 15) is 10.1 Å². The van der Waals surface area contributed by atoms with E-state index in [1.807, 2.05) is 0 Å². The number of hydrogen-bond acceptors (Lipinski definition) is 5. The molecule has 0 saturated heterocycles. The summed E-state index contributed by atoms with van der Waals surface area (Å²) in [5.41, 5.74) is 1.42. The molecule has 6 heteroatoms. The molecule has 0 bridgehead atoms. The predicted molar refractivity (Wildman–Crippen MR) is 53.7 cm³/mol. The van der Waals surface area contributed by atoms with Gasteiger partial charge in [-0.25, -0.2) is 0 Å². The Bertz CT molecular complexity index is 420. The van der Waals surface area contributed by atoms with Crippen molar-refractivity contribution in [1.82, 2.24) is 0 Å². The van der Waals surface area contributed by atoms with Gasteiger partial charge in [0.15, 0.2) is 12.6 Å². The van der Waals surface area contributed by atoms with E-state index < -0.39 is 17.5 Å². The Morgan fingerprint density at radius 3 is 2.44 bits per heavy atom. The first-order valence-electron chi connectivity index (χ1n) is 4.66. The minimum atomic E-state index is -0.611. The fourth-order valence-corrected chi connectivity index (χ4v) is 1.72. The Labute approximate surface area is 91.9 Å². The predicted octanol–water partition coefficient (Wildman–Crippen LogP) is 1.92. The van der Waals surface area contributed by atoms with Crippen molar-refractivity contribution in [2.24, 2.45) is 0 Å². The van der Waals surface area contributed by atoms with Gasteiger partial charge in [0.1, 0.15) is 0 Å². The minimum Gasteiger partial charge on any atom is -0.352 e. The van der Waals surface area contributed by atoms with E-state index in [2.05, 4.69) is 0 Å². The Balaban J connectivity index is 2.44. The maximum Gasteiger partial charge on any atom is 0.269 e. The first kappa shape index (κ1) is 11.0. The van der Waals surface area contributed by atoms with Crippen LogP contribution in [0.25, 0.3) is 0 Å². The fraction of sp³-hybridized carbons (Fsp3) is 0.400. The SMILES string of the molecule is CO[C@H]1O[C@H](OC)c2cc([N+](=O)[O-])ccc21. The van der Waals surface area contributed by atoms with Gasteiger partial charge in [0.05, 0.1) is 4.92 Å². The molecule has 2 atom stereocenters. The Hall–Kier alpha value is -1.50. The number of nitrogens with zero attached hydrogens (tertiary/aromatic N) is 1. The van der Waals surface area contributed by atoms with Crippen LogP contribution in [0.2, 0.25) is 0 Å². The molecular formula is C10H11NO5. The van der Waals surface area contributed by atoms with Crippen LogP contribution < -0.4 is 0 Å². The molecule has 1 heterocycles. The number of nitro groups is 1. The van der Waals surface area contributed by atoms with Crippen LogP contribution in [0.1, 0.15) is 23.7 Å². The van der Waals surface area contributed by atoms with Crippen LogP contribution in [0.15, 0.2) is 18.2 Å². The van der Waals surface area contributed by atoms with Crippen LogP contribution in [0, 0.1) is 10.1 Å². The Kier molecular flexibility index (Phi) is 2.86. The number of methoxy groups -OCH3 is 2. The summed E-state index contributed by atoms with van der Waals surface area (Å²) >= 11 is 0. The largest absolute Gasteiger partial charge is 0.352 e. The van der Waals surface area contributed by atoms with E-state index in [4.69, 9.17) is 14.2 Å². The van der Waals surface area contributed by atoms with E-state index in [-0.39, 0.29) is 5.69 Å². The highest BCUT2D eigenvalue weighted by Crippen LogP contribution is 2.41. The lowest BCUT2D eigenvalue weighted by Crippen LogP contribution is -2.01. The maximum atomic E-state index is 10.6. The summed E-state index contributed by atoms with van der Waals surface area (Å²) < 4.78 is 15.6. The van der Waals surface area contributed by atoms with E-state index >= 15 is 0 Å². The molecule has 0 aromatic heterocycles. The molecule has 1 aliphatic heterocycles. The first-order chi connectivity index (χ1) is 7.67. The zero-order valence-corrected chi connectivity index (χ0v) is 8.88. The number of benzene rings is 1. The quantitative estimate of drug-likeness (QED) is 0.580. The second-order valence-electron chi connectivity index (χ2n) is 3.34. The van der Waals surface area contributed by atoms with E-state index in [1.165, 1.54) is 26.4 Å². The highest BCUT2D eigenvalue weighted by atomic mass is 16.8. The van der Waals surface area contributed by atoms with Crippen LogP contribution >= 0.6 is 0 Å². The smallest absolute Gasteiger partial charge is 0.269 e. The summed E-state index contributed by atoms with van der Waals surface area (Å²) in [4.78, 5) is 10.2. The second kappa shape index (κ2) is 4.17. The number of hydrogen-bond donors (Lipinski definition) is 0. The molecule has 0 radical (unpaired) electrons. The summed E-state index contributed by atoms with van der Waals surface area (Å²) in [5, 5.41) is 10.6. The zero-order chi connectivity index (χ0) is 11.7. The number of rotatable bonds is 3. The van der Waals surface area contributed by atoms with Crippen LogP contribution in [-0.2, 0) is 14.2 Å². The monoisotopic (exact) mass is 225 g/mol. The number of fused-ring (bicyclic) bond motifs is 1. The first-order valence-corrected chi connectivity index (χ1v) is 4.66. The van der Waals surface area contributed by atoms with Crippen molar-refractivity contribution in [2.45, 2.75) is 12.6 Å². The molecule has 86 valence electrons. The van der Waals surface area contributed by atoms with Crippen molar-refractivity contribution in [2.75, 3.05) is 14.2 Å². The van der Waals surface area contributed by atoms with Gasteiger partial charge < -0.3 is 14.2 Å². The number of nitro benzene ring substituents is 1. The third-order valence-corrected chi connectivity index (χ3v) is 2.46. The molecule has 0 N–H and O–H groups in total. The topological polar surface area (TPSA) is 70.8 Å². The molecule has 0 unspecified atom stereocenters. The van der Waals surface area contributed by atoms with Gasteiger partial charge in [0.25, 0.3) is 5.69 Å². The van der Waals surface area contributed by atoms with Gasteiger partial charge in [-0.05, 0) is 6.07 Å². The molecule has 2 rings (SSSR count). The van der Waals surface area contributed by atoms with Crippen molar-refractivity contribution in [3.63, 3.8) is 0 Å². The molecular weight excluding hydrogens is 214 g/mol. The van der Waals surface area contributed by atoms with Crippen molar-refractivity contribution in [3.05, 3.63) is 39.4 Å². The molecule has 16 heavy (non-hydrogen) atoms. The van der Waals surface area contributed by atoms with Crippen molar-refractivity contribution in [3.8, 4) is 0 Å². The zero-order valence-electron chi connectivity index (χ0n) is 8.88. The van der Waals surface area contributed by atoms with Crippen LogP contribution in [0.4, 0.5) is 5.69 Å². The summed E-state index contributed by atoms with van der Waals surface area (Å²) in [6, 6.07) is 4.50. The van der Waals surface area contributed by atoms with E-state index in [0.29, 0.717) is 5.56 Å². The lowest BCUT2D eigenvalue weighted by atomic mass is 10.1. The van der Waals surface area contributed by atoms with Crippen molar-refractivity contribution < 1.29 is 19.1 Å². The third-order valence-electron chi connectivity index (χ3n) is 2.46. The van der Waals surface area contributed by atoms with Gasteiger partial charge in [0.2, 0.25) is 0 Å². The molecule has 0 saturated carbocycles. The van der Waals surface area contributed by atoms with Crippen LogP contribution in [-0.4, -0.2) is 19.1 Å². The maximum absolute atomic E-state index is 10.6. The summed E-state index contributed by atoms with van der Waals surface area (Å²) in [6.45, 7) is 0. The normalized spacial score (nSPS) is 23.1. The molecule has 0 aliphatic carbocycles. The molecule has 6 nitrogen and oxygen atoms in total. The van der Waals surface area contributed by atoms with Crippen molar-refractivity contribution in [1.29, 1.82) is 0 Å².